The lowest BCUT2D eigenvalue weighted by Gasteiger charge is -2.42. The Morgan fingerprint density at radius 3 is 2.67 bits per heavy atom. The lowest BCUT2D eigenvalue weighted by Crippen LogP contribution is -2.57. The normalized spacial score (nSPS) is 44.7. The van der Waals surface area contributed by atoms with Crippen molar-refractivity contribution >= 4 is 22.9 Å². The summed E-state index contributed by atoms with van der Waals surface area (Å²) in [6.45, 7) is 2.58. The Bertz CT molecular complexity index is 126. The summed E-state index contributed by atoms with van der Waals surface area (Å²) in [4.78, 5) is 2.45. The Labute approximate surface area is 69.7 Å². The molecule has 52 valence electrons. The summed E-state index contributed by atoms with van der Waals surface area (Å²) in [5.41, 5.74) is 0. The van der Waals surface area contributed by atoms with Crippen LogP contribution in [-0.4, -0.2) is 40.2 Å². The second-order valence-electron chi connectivity index (χ2n) is 2.99. The number of halogens is 1. The number of likely N-dealkylation sites (tertiary alicyclic amines) is 1. The van der Waals surface area contributed by atoms with Crippen molar-refractivity contribution in [2.24, 2.45) is 0 Å². The largest absolute Gasteiger partial charge is 0.300 e. The number of hydrogen-bond acceptors (Lipinski definition) is 2. The molecule has 0 aromatic heterocycles. The zero-order chi connectivity index (χ0) is 6.43. The molecule has 2 atom stereocenters. The van der Waals surface area contributed by atoms with Crippen molar-refractivity contribution in [2.45, 2.75) is 18.5 Å². The van der Waals surface area contributed by atoms with Gasteiger partial charge in [0.1, 0.15) is 0 Å². The molecule has 9 heavy (non-hydrogen) atoms. The van der Waals surface area contributed by atoms with Crippen molar-refractivity contribution in [1.82, 2.24) is 8.01 Å². The van der Waals surface area contributed by atoms with E-state index in [1.165, 1.54) is 19.5 Å². The average Bonchev–Trinajstić information content (AvgIpc) is 2.07. The van der Waals surface area contributed by atoms with Gasteiger partial charge in [0.2, 0.25) is 0 Å². The summed E-state index contributed by atoms with van der Waals surface area (Å²) in [7, 11) is 2.22. The molecule has 0 aromatic carbocycles. The van der Waals surface area contributed by atoms with Gasteiger partial charge in [0.05, 0.1) is 0 Å². The molecule has 0 N–H and O–H groups in total. The molecule has 2 rings (SSSR count). The van der Waals surface area contributed by atoms with E-state index >= 15 is 0 Å². The smallest absolute Gasteiger partial charge is 0.0477 e. The first kappa shape index (κ1) is 6.37. The van der Waals surface area contributed by atoms with Crippen LogP contribution < -0.4 is 0 Å². The first-order valence-electron chi connectivity index (χ1n) is 3.41. The number of nitrogens with zero attached hydrogens (tertiary/aromatic N) is 2. The van der Waals surface area contributed by atoms with Gasteiger partial charge in [-0.2, -0.15) is 0 Å². The fourth-order valence-corrected chi connectivity index (χ4v) is 2.64. The molecule has 2 aliphatic rings. The third-order valence-electron chi connectivity index (χ3n) is 2.48. The molecule has 0 aliphatic carbocycles. The van der Waals surface area contributed by atoms with Crippen molar-refractivity contribution in [1.29, 1.82) is 0 Å². The van der Waals surface area contributed by atoms with Gasteiger partial charge in [-0.15, -0.1) is 0 Å². The second kappa shape index (κ2) is 2.07. The van der Waals surface area contributed by atoms with Gasteiger partial charge in [0, 0.05) is 48.0 Å². The van der Waals surface area contributed by atoms with Gasteiger partial charge in [-0.05, 0) is 13.5 Å². The minimum absolute atomic E-state index is 0.885. The standard InChI is InChI=1S/C6H11IN2/c1-8-4-6-5(8)2-3-9(6)7/h5-6H,2-4H2,1H3. The molecule has 2 saturated heterocycles. The second-order valence-corrected chi connectivity index (χ2v) is 4.23. The molecule has 3 heteroatoms. The minimum Gasteiger partial charge on any atom is -0.300 e. The van der Waals surface area contributed by atoms with Crippen LogP contribution in [0.15, 0.2) is 0 Å². The summed E-state index contributed by atoms with van der Waals surface area (Å²) < 4.78 is 2.45. The average molecular weight is 238 g/mol. The molecule has 0 saturated carbocycles. The van der Waals surface area contributed by atoms with Crippen LogP contribution >= 0.6 is 22.9 Å². The van der Waals surface area contributed by atoms with Gasteiger partial charge < -0.3 is 4.90 Å². The maximum atomic E-state index is 2.45. The molecule has 0 aromatic rings. The van der Waals surface area contributed by atoms with Crippen molar-refractivity contribution < 1.29 is 0 Å². The molecule has 0 spiro atoms. The van der Waals surface area contributed by atoms with E-state index in [9.17, 15) is 0 Å². The zero-order valence-corrected chi connectivity index (χ0v) is 7.71. The van der Waals surface area contributed by atoms with Crippen LogP contribution in [0.2, 0.25) is 0 Å². The Morgan fingerprint density at radius 2 is 2.22 bits per heavy atom. The SMILES string of the molecule is CN1CC2C1CCN2I. The monoisotopic (exact) mass is 238 g/mol. The molecular weight excluding hydrogens is 227 g/mol. The summed E-state index contributed by atoms with van der Waals surface area (Å²) in [5.74, 6) is 0. The Kier molecular flexibility index (Phi) is 1.46. The van der Waals surface area contributed by atoms with E-state index in [-0.39, 0.29) is 0 Å². The van der Waals surface area contributed by atoms with E-state index in [1.807, 2.05) is 0 Å². The summed E-state index contributed by atoms with van der Waals surface area (Å²) in [6, 6.07) is 1.78. The maximum absolute atomic E-state index is 2.45. The van der Waals surface area contributed by atoms with Crippen LogP contribution in [0.25, 0.3) is 0 Å². The lowest BCUT2D eigenvalue weighted by molar-refractivity contribution is 0.0863. The van der Waals surface area contributed by atoms with Gasteiger partial charge >= 0.3 is 0 Å². The highest BCUT2D eigenvalue weighted by molar-refractivity contribution is 14.1. The molecule has 2 fully saturated rings. The van der Waals surface area contributed by atoms with Crippen molar-refractivity contribution in [3.63, 3.8) is 0 Å². The zero-order valence-electron chi connectivity index (χ0n) is 5.55. The molecule has 0 bridgehead atoms. The topological polar surface area (TPSA) is 6.48 Å². The van der Waals surface area contributed by atoms with E-state index in [0.29, 0.717) is 0 Å². The predicted octanol–water partition coefficient (Wildman–Crippen LogP) is 0.725. The Hall–Kier alpha value is 0.650. The highest BCUT2D eigenvalue weighted by atomic mass is 127. The van der Waals surface area contributed by atoms with E-state index in [1.54, 1.807) is 0 Å². The maximum Gasteiger partial charge on any atom is 0.0477 e. The van der Waals surface area contributed by atoms with Crippen molar-refractivity contribution in [3.05, 3.63) is 0 Å². The highest BCUT2D eigenvalue weighted by Crippen LogP contribution is 2.32. The van der Waals surface area contributed by atoms with E-state index in [2.05, 4.69) is 37.9 Å². The number of likely N-dealkylation sites (N-methyl/N-ethyl adjacent to an activating group) is 1. The summed E-state index contributed by atoms with van der Waals surface area (Å²) in [5, 5.41) is 0. The van der Waals surface area contributed by atoms with Gasteiger partial charge in [0.25, 0.3) is 0 Å². The molecule has 2 unspecified atom stereocenters. The number of hydrogen-bond donors (Lipinski definition) is 0. The summed E-state index contributed by atoms with van der Waals surface area (Å²) >= 11 is 2.44. The predicted molar refractivity (Wildman–Crippen MR) is 45.5 cm³/mol. The molecule has 2 heterocycles. The molecule has 0 radical (unpaired) electrons. The van der Waals surface area contributed by atoms with Gasteiger partial charge in [0.15, 0.2) is 0 Å². The van der Waals surface area contributed by atoms with Crippen LogP contribution in [0.5, 0.6) is 0 Å². The van der Waals surface area contributed by atoms with Gasteiger partial charge in [-0.25, -0.2) is 3.11 Å². The van der Waals surface area contributed by atoms with Gasteiger partial charge in [-0.3, -0.25) is 0 Å². The van der Waals surface area contributed by atoms with Gasteiger partial charge in [-0.1, -0.05) is 0 Å². The van der Waals surface area contributed by atoms with E-state index < -0.39 is 0 Å². The lowest BCUT2D eigenvalue weighted by atomic mass is 10.00. The summed E-state index contributed by atoms with van der Waals surface area (Å²) in [6.07, 6.45) is 1.38. The fraction of sp³-hybridized carbons (Fsp3) is 1.00. The van der Waals surface area contributed by atoms with E-state index in [4.69, 9.17) is 0 Å². The van der Waals surface area contributed by atoms with Crippen molar-refractivity contribution in [2.75, 3.05) is 20.1 Å². The number of fused-ring (bicyclic) bond motifs is 1. The van der Waals surface area contributed by atoms with Crippen molar-refractivity contribution in [3.8, 4) is 0 Å². The van der Waals surface area contributed by atoms with E-state index in [0.717, 1.165) is 12.1 Å². The third kappa shape index (κ3) is 0.816. The minimum atomic E-state index is 0.885. The Balaban J connectivity index is 2.03. The molecule has 2 nitrogen and oxygen atoms in total. The van der Waals surface area contributed by atoms with Crippen LogP contribution in [-0.2, 0) is 0 Å². The molecule has 0 amide bonds. The van der Waals surface area contributed by atoms with Crippen LogP contribution in [0.3, 0.4) is 0 Å². The third-order valence-corrected chi connectivity index (χ3v) is 3.68. The highest BCUT2D eigenvalue weighted by Gasteiger charge is 2.43. The number of rotatable bonds is 0. The van der Waals surface area contributed by atoms with Crippen LogP contribution in [0, 0.1) is 0 Å². The first-order chi connectivity index (χ1) is 4.29. The fourth-order valence-electron chi connectivity index (χ4n) is 1.82. The van der Waals surface area contributed by atoms with Crippen LogP contribution in [0.4, 0.5) is 0 Å². The quantitative estimate of drug-likeness (QED) is 0.453. The molecular formula is C6H11IN2. The first-order valence-corrected chi connectivity index (χ1v) is 4.38. The molecule has 2 aliphatic heterocycles. The van der Waals surface area contributed by atoms with Crippen LogP contribution in [0.1, 0.15) is 6.42 Å². The Morgan fingerprint density at radius 1 is 1.44 bits per heavy atom.